The standard InChI is InChI=1S/C17H16N4O6S/c1-10(2)16-18-17(27-19-16)11-3-5-12(6-4-11)20-28(25,26)13-7-8-15(22)14(9-13)21(23)24/h3-10,20,22H,1-2H3. The van der Waals surface area contributed by atoms with Crippen molar-refractivity contribution < 1.29 is 23.0 Å². The Morgan fingerprint density at radius 1 is 1.18 bits per heavy atom. The summed E-state index contributed by atoms with van der Waals surface area (Å²) in [5, 5.41) is 24.2. The lowest BCUT2D eigenvalue weighted by Crippen LogP contribution is -2.13. The molecule has 0 atom stereocenters. The molecule has 0 bridgehead atoms. The molecular weight excluding hydrogens is 388 g/mol. The monoisotopic (exact) mass is 404 g/mol. The molecule has 2 N–H and O–H groups in total. The number of nitrogens with one attached hydrogen (secondary N) is 1. The molecule has 0 aliphatic heterocycles. The van der Waals surface area contributed by atoms with Crippen LogP contribution in [0.25, 0.3) is 11.5 Å². The molecule has 146 valence electrons. The van der Waals surface area contributed by atoms with Crippen LogP contribution in [0.2, 0.25) is 0 Å². The van der Waals surface area contributed by atoms with E-state index in [-0.39, 0.29) is 16.5 Å². The number of nitrogens with zero attached hydrogens (tertiary/aromatic N) is 3. The van der Waals surface area contributed by atoms with E-state index in [4.69, 9.17) is 4.52 Å². The van der Waals surface area contributed by atoms with Gasteiger partial charge in [-0.05, 0) is 36.4 Å². The van der Waals surface area contributed by atoms with E-state index in [0.29, 0.717) is 17.3 Å². The molecule has 0 saturated carbocycles. The average Bonchev–Trinajstić information content (AvgIpc) is 3.12. The van der Waals surface area contributed by atoms with E-state index in [1.54, 1.807) is 12.1 Å². The van der Waals surface area contributed by atoms with Crippen LogP contribution in [0.15, 0.2) is 51.9 Å². The first kappa shape index (κ1) is 19.3. The van der Waals surface area contributed by atoms with Crippen LogP contribution in [0, 0.1) is 10.1 Å². The van der Waals surface area contributed by atoms with Crippen molar-refractivity contribution in [1.29, 1.82) is 0 Å². The Balaban J connectivity index is 1.83. The second kappa shape index (κ2) is 7.27. The number of anilines is 1. The van der Waals surface area contributed by atoms with Crippen LogP contribution >= 0.6 is 0 Å². The first-order chi connectivity index (χ1) is 13.2. The molecule has 0 radical (unpaired) electrons. The van der Waals surface area contributed by atoms with Crippen LogP contribution in [0.5, 0.6) is 5.75 Å². The van der Waals surface area contributed by atoms with Gasteiger partial charge < -0.3 is 9.63 Å². The number of aromatic nitrogens is 2. The van der Waals surface area contributed by atoms with Crippen LogP contribution < -0.4 is 4.72 Å². The van der Waals surface area contributed by atoms with E-state index in [2.05, 4.69) is 14.9 Å². The minimum atomic E-state index is -4.09. The number of nitro benzene ring substituents is 1. The van der Waals surface area contributed by atoms with Gasteiger partial charge in [0.05, 0.1) is 9.82 Å². The summed E-state index contributed by atoms with van der Waals surface area (Å²) < 4.78 is 32.4. The van der Waals surface area contributed by atoms with Gasteiger partial charge in [-0.1, -0.05) is 19.0 Å². The first-order valence-electron chi connectivity index (χ1n) is 8.11. The van der Waals surface area contributed by atoms with Gasteiger partial charge in [0, 0.05) is 23.2 Å². The van der Waals surface area contributed by atoms with Crippen LogP contribution in [0.3, 0.4) is 0 Å². The van der Waals surface area contributed by atoms with E-state index >= 15 is 0 Å². The van der Waals surface area contributed by atoms with E-state index in [0.717, 1.165) is 18.2 Å². The van der Waals surface area contributed by atoms with Gasteiger partial charge in [-0.2, -0.15) is 4.98 Å². The number of sulfonamides is 1. The maximum Gasteiger partial charge on any atom is 0.312 e. The fourth-order valence-corrected chi connectivity index (χ4v) is 3.38. The molecule has 28 heavy (non-hydrogen) atoms. The second-order valence-electron chi connectivity index (χ2n) is 6.20. The number of phenols is 1. The Kier molecular flexibility index (Phi) is 5.01. The molecule has 1 aromatic heterocycles. The largest absolute Gasteiger partial charge is 0.502 e. The zero-order chi connectivity index (χ0) is 20.5. The number of benzene rings is 2. The average molecular weight is 404 g/mol. The molecule has 2 aromatic carbocycles. The molecule has 11 heteroatoms. The van der Waals surface area contributed by atoms with Crippen LogP contribution in [0.1, 0.15) is 25.6 Å². The van der Waals surface area contributed by atoms with Gasteiger partial charge in [-0.3, -0.25) is 14.8 Å². The lowest BCUT2D eigenvalue weighted by atomic mass is 10.2. The number of rotatable bonds is 6. The third-order valence-electron chi connectivity index (χ3n) is 3.80. The minimum absolute atomic E-state index is 0.109. The Morgan fingerprint density at radius 3 is 2.43 bits per heavy atom. The highest BCUT2D eigenvalue weighted by Crippen LogP contribution is 2.29. The second-order valence-corrected chi connectivity index (χ2v) is 7.89. The Labute approximate surface area is 160 Å². The molecule has 3 aromatic rings. The molecule has 0 unspecified atom stereocenters. The summed E-state index contributed by atoms with van der Waals surface area (Å²) in [6.45, 7) is 3.86. The Morgan fingerprint density at radius 2 is 1.86 bits per heavy atom. The molecule has 0 spiro atoms. The van der Waals surface area contributed by atoms with Gasteiger partial charge in [0.25, 0.3) is 15.9 Å². The van der Waals surface area contributed by atoms with Crippen LogP contribution in [-0.4, -0.2) is 28.6 Å². The van der Waals surface area contributed by atoms with Gasteiger partial charge in [0.2, 0.25) is 0 Å². The number of hydrogen-bond donors (Lipinski definition) is 2. The van der Waals surface area contributed by atoms with Gasteiger partial charge in [-0.15, -0.1) is 0 Å². The summed E-state index contributed by atoms with van der Waals surface area (Å²) in [6, 6.07) is 9.03. The Hall–Kier alpha value is -3.47. The molecule has 3 rings (SSSR count). The van der Waals surface area contributed by atoms with Crippen molar-refractivity contribution >= 4 is 21.4 Å². The third kappa shape index (κ3) is 3.93. The predicted octanol–water partition coefficient (Wildman–Crippen LogP) is 3.27. The number of hydrogen-bond acceptors (Lipinski definition) is 8. The van der Waals surface area contributed by atoms with Crippen LogP contribution in [0.4, 0.5) is 11.4 Å². The summed E-state index contributed by atoms with van der Waals surface area (Å²) in [5.41, 5.74) is 0.154. The minimum Gasteiger partial charge on any atom is -0.502 e. The first-order valence-corrected chi connectivity index (χ1v) is 9.60. The third-order valence-corrected chi connectivity index (χ3v) is 5.18. The van der Waals surface area contributed by atoms with Crippen molar-refractivity contribution in [1.82, 2.24) is 10.1 Å². The highest BCUT2D eigenvalue weighted by Gasteiger charge is 2.21. The van der Waals surface area contributed by atoms with Crippen molar-refractivity contribution in [3.63, 3.8) is 0 Å². The fourth-order valence-electron chi connectivity index (χ4n) is 2.30. The summed E-state index contributed by atoms with van der Waals surface area (Å²) >= 11 is 0. The molecule has 10 nitrogen and oxygen atoms in total. The van der Waals surface area contributed by atoms with Crippen molar-refractivity contribution in [3.8, 4) is 17.2 Å². The molecule has 0 saturated heterocycles. The van der Waals surface area contributed by atoms with Gasteiger partial charge >= 0.3 is 5.69 Å². The molecule has 0 fully saturated rings. The van der Waals surface area contributed by atoms with Gasteiger partial charge in [-0.25, -0.2) is 8.42 Å². The summed E-state index contributed by atoms with van der Waals surface area (Å²) in [6.07, 6.45) is 0. The lowest BCUT2D eigenvalue weighted by molar-refractivity contribution is -0.386. The maximum atomic E-state index is 12.5. The van der Waals surface area contributed by atoms with Crippen molar-refractivity contribution in [3.05, 3.63) is 58.4 Å². The molecule has 0 aliphatic rings. The Bertz CT molecular complexity index is 1120. The quantitative estimate of drug-likeness (QED) is 0.469. The van der Waals surface area contributed by atoms with E-state index < -0.39 is 26.4 Å². The van der Waals surface area contributed by atoms with E-state index in [1.807, 2.05) is 13.8 Å². The molecule has 0 amide bonds. The van der Waals surface area contributed by atoms with Crippen molar-refractivity contribution in [2.45, 2.75) is 24.7 Å². The predicted molar refractivity (Wildman–Crippen MR) is 99.4 cm³/mol. The summed E-state index contributed by atoms with van der Waals surface area (Å²) in [5.74, 6) is 0.368. The maximum absolute atomic E-state index is 12.5. The zero-order valence-corrected chi connectivity index (χ0v) is 15.7. The number of aromatic hydroxyl groups is 1. The van der Waals surface area contributed by atoms with Gasteiger partial charge in [0.1, 0.15) is 0 Å². The van der Waals surface area contributed by atoms with Crippen molar-refractivity contribution in [2.24, 2.45) is 0 Å². The smallest absolute Gasteiger partial charge is 0.312 e. The van der Waals surface area contributed by atoms with E-state index in [9.17, 15) is 23.6 Å². The molecule has 1 heterocycles. The fraction of sp³-hybridized carbons (Fsp3) is 0.176. The summed E-state index contributed by atoms with van der Waals surface area (Å²) in [7, 11) is -4.09. The normalized spacial score (nSPS) is 11.5. The van der Waals surface area contributed by atoms with Crippen LogP contribution in [-0.2, 0) is 10.0 Å². The topological polar surface area (TPSA) is 148 Å². The number of nitro groups is 1. The highest BCUT2D eigenvalue weighted by molar-refractivity contribution is 7.92. The molecular formula is C17H16N4O6S. The molecule has 0 aliphatic carbocycles. The van der Waals surface area contributed by atoms with E-state index in [1.165, 1.54) is 12.1 Å². The highest BCUT2D eigenvalue weighted by atomic mass is 32.2. The number of phenolic OH excluding ortho intramolecular Hbond substituents is 1. The lowest BCUT2D eigenvalue weighted by Gasteiger charge is -2.08. The SMILES string of the molecule is CC(C)c1noc(-c2ccc(NS(=O)(=O)c3ccc(O)c([N+](=O)[O-])c3)cc2)n1. The van der Waals surface area contributed by atoms with Crippen molar-refractivity contribution in [2.75, 3.05) is 4.72 Å². The summed E-state index contributed by atoms with van der Waals surface area (Å²) in [4.78, 5) is 13.9. The zero-order valence-electron chi connectivity index (χ0n) is 14.9. The van der Waals surface area contributed by atoms with Gasteiger partial charge in [0.15, 0.2) is 11.6 Å².